The standard InChI is InChI=1S/C19H21N5O2S2/c1-13-9-14(2)21-18(20-13)27-11-16-22-23-19(24(16)3)28-12-17(25)26-10-15-7-5-4-6-8-15/h4-9H,10-12H2,1-3H3. The number of aryl methyl sites for hydroxylation is 2. The molecule has 0 saturated carbocycles. The van der Waals surface area contributed by atoms with Crippen LogP contribution < -0.4 is 0 Å². The third-order valence-corrected chi connectivity index (χ3v) is 5.62. The molecule has 28 heavy (non-hydrogen) atoms. The lowest BCUT2D eigenvalue weighted by molar-refractivity contribution is -0.141. The van der Waals surface area contributed by atoms with Gasteiger partial charge < -0.3 is 9.30 Å². The van der Waals surface area contributed by atoms with Crippen LogP contribution in [0.4, 0.5) is 0 Å². The van der Waals surface area contributed by atoms with Crippen molar-refractivity contribution in [2.24, 2.45) is 7.05 Å². The summed E-state index contributed by atoms with van der Waals surface area (Å²) < 4.78 is 7.17. The molecule has 0 fully saturated rings. The fourth-order valence-electron chi connectivity index (χ4n) is 2.39. The Morgan fingerprint density at radius 3 is 2.50 bits per heavy atom. The summed E-state index contributed by atoms with van der Waals surface area (Å²) in [4.78, 5) is 20.8. The Kier molecular flexibility index (Phi) is 7.05. The van der Waals surface area contributed by atoms with Gasteiger partial charge in [-0.1, -0.05) is 53.9 Å². The molecule has 0 N–H and O–H groups in total. The van der Waals surface area contributed by atoms with E-state index in [2.05, 4.69) is 20.2 Å². The number of hydrogen-bond acceptors (Lipinski definition) is 8. The molecule has 0 saturated heterocycles. The molecule has 0 atom stereocenters. The molecule has 0 amide bonds. The fraction of sp³-hybridized carbons (Fsp3) is 0.316. The van der Waals surface area contributed by atoms with Crippen LogP contribution in [-0.2, 0) is 28.9 Å². The lowest BCUT2D eigenvalue weighted by atomic mass is 10.2. The molecule has 1 aromatic carbocycles. The van der Waals surface area contributed by atoms with Gasteiger partial charge in [-0.3, -0.25) is 4.79 Å². The van der Waals surface area contributed by atoms with Gasteiger partial charge in [0.15, 0.2) is 10.3 Å². The summed E-state index contributed by atoms with van der Waals surface area (Å²) in [5.41, 5.74) is 2.85. The third kappa shape index (κ3) is 5.80. The molecule has 9 heteroatoms. The molecule has 2 aromatic heterocycles. The van der Waals surface area contributed by atoms with Gasteiger partial charge in [-0.15, -0.1) is 10.2 Å². The van der Waals surface area contributed by atoms with Crippen molar-refractivity contribution in [1.82, 2.24) is 24.7 Å². The van der Waals surface area contributed by atoms with E-state index in [0.29, 0.717) is 10.9 Å². The molecule has 0 spiro atoms. The maximum atomic E-state index is 12.0. The van der Waals surface area contributed by atoms with Crippen LogP contribution >= 0.6 is 23.5 Å². The minimum absolute atomic E-state index is 0.187. The van der Waals surface area contributed by atoms with Crippen LogP contribution in [-0.4, -0.2) is 36.5 Å². The predicted octanol–water partition coefficient (Wildman–Crippen LogP) is 3.35. The second-order valence-electron chi connectivity index (χ2n) is 6.11. The zero-order valence-electron chi connectivity index (χ0n) is 16.0. The van der Waals surface area contributed by atoms with Crippen molar-refractivity contribution in [3.8, 4) is 0 Å². The Morgan fingerprint density at radius 2 is 1.79 bits per heavy atom. The third-order valence-electron chi connectivity index (χ3n) is 3.78. The predicted molar refractivity (Wildman–Crippen MR) is 109 cm³/mol. The molecule has 0 aliphatic carbocycles. The fourth-order valence-corrected chi connectivity index (χ4v) is 4.04. The maximum Gasteiger partial charge on any atom is 0.316 e. The Hall–Kier alpha value is -2.39. The van der Waals surface area contributed by atoms with Gasteiger partial charge >= 0.3 is 5.97 Å². The minimum Gasteiger partial charge on any atom is -0.460 e. The Bertz CT molecular complexity index is 927. The average Bonchev–Trinajstić information content (AvgIpc) is 3.03. The molecular weight excluding hydrogens is 394 g/mol. The van der Waals surface area contributed by atoms with E-state index >= 15 is 0 Å². The largest absolute Gasteiger partial charge is 0.460 e. The van der Waals surface area contributed by atoms with Crippen LogP contribution in [0.1, 0.15) is 22.8 Å². The molecule has 0 unspecified atom stereocenters. The number of rotatable bonds is 8. The van der Waals surface area contributed by atoms with Gasteiger partial charge in [-0.25, -0.2) is 9.97 Å². The van der Waals surface area contributed by atoms with Gasteiger partial charge in [0, 0.05) is 18.4 Å². The quantitative estimate of drug-likeness (QED) is 0.315. The molecular formula is C19H21N5O2S2. The van der Waals surface area contributed by atoms with E-state index in [4.69, 9.17) is 4.74 Å². The molecule has 3 aromatic rings. The number of hydrogen-bond donors (Lipinski definition) is 0. The van der Waals surface area contributed by atoms with Crippen LogP contribution in [0.5, 0.6) is 0 Å². The molecule has 7 nitrogen and oxygen atoms in total. The van der Waals surface area contributed by atoms with Crippen LogP contribution in [0, 0.1) is 13.8 Å². The zero-order chi connectivity index (χ0) is 19.9. The van der Waals surface area contributed by atoms with Crippen LogP contribution in [0.15, 0.2) is 46.7 Å². The van der Waals surface area contributed by atoms with Gasteiger partial charge in [0.05, 0.1) is 11.5 Å². The highest BCUT2D eigenvalue weighted by molar-refractivity contribution is 7.99. The first-order chi connectivity index (χ1) is 13.5. The number of carbonyl (C=O) groups excluding carboxylic acids is 1. The summed E-state index contributed by atoms with van der Waals surface area (Å²) in [6.45, 7) is 4.18. The number of ether oxygens (including phenoxy) is 1. The Labute approximate surface area is 172 Å². The normalized spacial score (nSPS) is 10.8. The van der Waals surface area contributed by atoms with E-state index in [0.717, 1.165) is 27.9 Å². The first kappa shape index (κ1) is 20.3. The number of nitrogens with zero attached hydrogens (tertiary/aromatic N) is 5. The molecule has 0 radical (unpaired) electrons. The lowest BCUT2D eigenvalue weighted by Crippen LogP contribution is -2.08. The smallest absolute Gasteiger partial charge is 0.316 e. The highest BCUT2D eigenvalue weighted by Gasteiger charge is 2.13. The van der Waals surface area contributed by atoms with Crippen molar-refractivity contribution in [3.63, 3.8) is 0 Å². The topological polar surface area (TPSA) is 82.8 Å². The molecule has 0 aliphatic rings. The number of carbonyl (C=O) groups is 1. The number of thioether (sulfide) groups is 2. The summed E-state index contributed by atoms with van der Waals surface area (Å²) in [6, 6.07) is 11.6. The van der Waals surface area contributed by atoms with E-state index in [1.165, 1.54) is 23.5 Å². The van der Waals surface area contributed by atoms with Gasteiger partial charge in [-0.05, 0) is 25.5 Å². The first-order valence-electron chi connectivity index (χ1n) is 8.67. The van der Waals surface area contributed by atoms with E-state index < -0.39 is 0 Å². The van der Waals surface area contributed by atoms with Gasteiger partial charge in [0.25, 0.3) is 0 Å². The number of benzene rings is 1. The van der Waals surface area contributed by atoms with Crippen molar-refractivity contribution in [3.05, 3.63) is 59.2 Å². The second kappa shape index (κ2) is 9.70. The second-order valence-corrected chi connectivity index (χ2v) is 8.00. The van der Waals surface area contributed by atoms with Crippen molar-refractivity contribution in [1.29, 1.82) is 0 Å². The summed E-state index contributed by atoms with van der Waals surface area (Å²) in [7, 11) is 1.88. The molecule has 0 bridgehead atoms. The lowest BCUT2D eigenvalue weighted by Gasteiger charge is -2.06. The maximum absolute atomic E-state index is 12.0. The van der Waals surface area contributed by atoms with E-state index in [1.807, 2.05) is 61.9 Å². The van der Waals surface area contributed by atoms with Gasteiger partial charge in [0.1, 0.15) is 12.4 Å². The van der Waals surface area contributed by atoms with Crippen molar-refractivity contribution < 1.29 is 9.53 Å². The van der Waals surface area contributed by atoms with E-state index in [9.17, 15) is 4.79 Å². The Morgan fingerprint density at radius 1 is 1.07 bits per heavy atom. The molecule has 146 valence electrons. The summed E-state index contributed by atoms with van der Waals surface area (Å²) in [5, 5.41) is 9.77. The van der Waals surface area contributed by atoms with Crippen molar-refractivity contribution in [2.75, 3.05) is 5.75 Å². The molecule has 3 rings (SSSR count). The monoisotopic (exact) mass is 415 g/mol. The highest BCUT2D eigenvalue weighted by atomic mass is 32.2. The van der Waals surface area contributed by atoms with Gasteiger partial charge in [-0.2, -0.15) is 0 Å². The van der Waals surface area contributed by atoms with Crippen molar-refractivity contribution >= 4 is 29.5 Å². The van der Waals surface area contributed by atoms with Crippen LogP contribution in [0.3, 0.4) is 0 Å². The molecule has 0 aliphatic heterocycles. The van der Waals surface area contributed by atoms with Crippen LogP contribution in [0.25, 0.3) is 0 Å². The van der Waals surface area contributed by atoms with E-state index in [-0.39, 0.29) is 18.3 Å². The summed E-state index contributed by atoms with van der Waals surface area (Å²) in [6.07, 6.45) is 0. The molecule has 2 heterocycles. The minimum atomic E-state index is -0.281. The average molecular weight is 416 g/mol. The van der Waals surface area contributed by atoms with Crippen molar-refractivity contribution in [2.45, 2.75) is 36.5 Å². The Balaban J connectivity index is 1.49. The van der Waals surface area contributed by atoms with Gasteiger partial charge in [0.2, 0.25) is 0 Å². The zero-order valence-corrected chi connectivity index (χ0v) is 17.6. The first-order valence-corrected chi connectivity index (χ1v) is 10.6. The van der Waals surface area contributed by atoms with E-state index in [1.54, 1.807) is 0 Å². The highest BCUT2D eigenvalue weighted by Crippen LogP contribution is 2.22. The number of aromatic nitrogens is 5. The number of esters is 1. The SMILES string of the molecule is Cc1cc(C)nc(SCc2nnc(SCC(=O)OCc3ccccc3)n2C)n1. The summed E-state index contributed by atoms with van der Waals surface area (Å²) in [5.74, 6) is 1.31. The van der Waals surface area contributed by atoms with Crippen LogP contribution in [0.2, 0.25) is 0 Å². The summed E-state index contributed by atoms with van der Waals surface area (Å²) >= 11 is 2.83.